The van der Waals surface area contributed by atoms with Crippen LogP contribution in [0.2, 0.25) is 0 Å². The third kappa shape index (κ3) is 4.48. The molecular formula is C16H31N5. The van der Waals surface area contributed by atoms with Crippen LogP contribution in [-0.4, -0.2) is 28.8 Å². The summed E-state index contributed by atoms with van der Waals surface area (Å²) in [4.78, 5) is 4.31. The van der Waals surface area contributed by atoms with Gasteiger partial charge in [0.1, 0.15) is 0 Å². The van der Waals surface area contributed by atoms with Crippen LogP contribution in [0.1, 0.15) is 51.6 Å². The molecule has 1 aromatic heterocycles. The molecule has 0 aromatic carbocycles. The van der Waals surface area contributed by atoms with Crippen molar-refractivity contribution in [1.29, 1.82) is 0 Å². The van der Waals surface area contributed by atoms with Gasteiger partial charge in [-0.2, -0.15) is 5.10 Å². The smallest absolute Gasteiger partial charge is 0.191 e. The van der Waals surface area contributed by atoms with E-state index in [-0.39, 0.29) is 0 Å². The van der Waals surface area contributed by atoms with E-state index in [9.17, 15) is 0 Å². The number of rotatable bonds is 6. The maximum absolute atomic E-state index is 4.61. The van der Waals surface area contributed by atoms with Crippen molar-refractivity contribution in [2.75, 3.05) is 7.05 Å². The Morgan fingerprint density at radius 3 is 2.38 bits per heavy atom. The highest BCUT2D eigenvalue weighted by atomic mass is 15.3. The van der Waals surface area contributed by atoms with Crippen molar-refractivity contribution < 1.29 is 0 Å². The quantitative estimate of drug-likeness (QED) is 0.625. The Labute approximate surface area is 129 Å². The summed E-state index contributed by atoms with van der Waals surface area (Å²) in [6.07, 6.45) is 1.95. The molecule has 5 heteroatoms. The third-order valence-electron chi connectivity index (χ3n) is 4.05. The Bertz CT molecular complexity index is 473. The van der Waals surface area contributed by atoms with Crippen LogP contribution in [0.5, 0.6) is 0 Å². The number of nitrogens with zero attached hydrogens (tertiary/aromatic N) is 3. The largest absolute Gasteiger partial charge is 0.354 e. The van der Waals surface area contributed by atoms with Gasteiger partial charge in [-0.3, -0.25) is 9.67 Å². The highest BCUT2D eigenvalue weighted by Gasteiger charge is 2.14. The number of guanidine groups is 1. The van der Waals surface area contributed by atoms with E-state index < -0.39 is 0 Å². The fourth-order valence-electron chi connectivity index (χ4n) is 2.34. The fraction of sp³-hybridized carbons (Fsp3) is 0.750. The summed E-state index contributed by atoms with van der Waals surface area (Å²) in [5.41, 5.74) is 3.78. The van der Waals surface area contributed by atoms with Gasteiger partial charge >= 0.3 is 0 Å². The van der Waals surface area contributed by atoms with Gasteiger partial charge in [-0.15, -0.1) is 0 Å². The van der Waals surface area contributed by atoms with Crippen molar-refractivity contribution in [3.63, 3.8) is 0 Å². The minimum Gasteiger partial charge on any atom is -0.354 e. The van der Waals surface area contributed by atoms with Gasteiger partial charge in [0.05, 0.1) is 5.69 Å². The second-order valence-electron chi connectivity index (χ2n) is 5.81. The molecule has 1 aromatic rings. The van der Waals surface area contributed by atoms with Crippen molar-refractivity contribution in [1.82, 2.24) is 20.4 Å². The Hall–Kier alpha value is -1.52. The van der Waals surface area contributed by atoms with E-state index in [0.29, 0.717) is 12.0 Å². The summed E-state index contributed by atoms with van der Waals surface area (Å²) >= 11 is 0. The SMILES string of the molecule is CCc1nn(C)c(CC)c1CNC(=NC)NC(C)C(C)C. The second kappa shape index (κ2) is 8.05. The van der Waals surface area contributed by atoms with Crippen LogP contribution in [0, 0.1) is 5.92 Å². The van der Waals surface area contributed by atoms with Gasteiger partial charge in [-0.25, -0.2) is 0 Å². The molecule has 0 saturated heterocycles. The highest BCUT2D eigenvalue weighted by Crippen LogP contribution is 2.15. The van der Waals surface area contributed by atoms with Crippen LogP contribution in [0.15, 0.2) is 4.99 Å². The maximum Gasteiger partial charge on any atom is 0.191 e. The van der Waals surface area contributed by atoms with Crippen molar-refractivity contribution in [2.24, 2.45) is 18.0 Å². The Morgan fingerprint density at radius 2 is 1.90 bits per heavy atom. The summed E-state index contributed by atoms with van der Waals surface area (Å²) < 4.78 is 2.00. The predicted molar refractivity (Wildman–Crippen MR) is 89.6 cm³/mol. The first-order valence-corrected chi connectivity index (χ1v) is 7.95. The summed E-state index contributed by atoms with van der Waals surface area (Å²) in [7, 11) is 3.84. The van der Waals surface area contributed by atoms with E-state index in [1.165, 1.54) is 17.0 Å². The number of aliphatic imine (C=N–C) groups is 1. The molecule has 1 atom stereocenters. The highest BCUT2D eigenvalue weighted by molar-refractivity contribution is 5.80. The van der Waals surface area contributed by atoms with Gasteiger partial charge in [-0.05, 0) is 25.7 Å². The van der Waals surface area contributed by atoms with E-state index in [1.807, 2.05) is 18.8 Å². The maximum atomic E-state index is 4.61. The molecule has 1 unspecified atom stereocenters. The fourth-order valence-corrected chi connectivity index (χ4v) is 2.34. The van der Waals surface area contributed by atoms with Crippen LogP contribution < -0.4 is 10.6 Å². The summed E-state index contributed by atoms with van der Waals surface area (Å²) in [6, 6.07) is 0.390. The van der Waals surface area contributed by atoms with Crippen LogP contribution in [0.25, 0.3) is 0 Å². The molecule has 120 valence electrons. The first-order valence-electron chi connectivity index (χ1n) is 7.95. The lowest BCUT2D eigenvalue weighted by Gasteiger charge is -2.21. The number of aromatic nitrogens is 2. The van der Waals surface area contributed by atoms with Gasteiger partial charge in [-0.1, -0.05) is 27.7 Å². The van der Waals surface area contributed by atoms with E-state index >= 15 is 0 Å². The molecule has 0 bridgehead atoms. The van der Waals surface area contributed by atoms with E-state index in [0.717, 1.165) is 25.3 Å². The van der Waals surface area contributed by atoms with Crippen molar-refractivity contribution in [2.45, 2.75) is 60.0 Å². The first-order chi connectivity index (χ1) is 9.94. The third-order valence-corrected chi connectivity index (χ3v) is 4.05. The average Bonchev–Trinajstić information content (AvgIpc) is 2.77. The molecule has 0 aliphatic carbocycles. The molecule has 21 heavy (non-hydrogen) atoms. The zero-order chi connectivity index (χ0) is 16.0. The molecule has 0 saturated carbocycles. The molecule has 0 fully saturated rings. The number of hydrogen-bond acceptors (Lipinski definition) is 2. The van der Waals surface area contributed by atoms with E-state index in [1.54, 1.807) is 0 Å². The number of hydrogen-bond donors (Lipinski definition) is 2. The summed E-state index contributed by atoms with van der Waals surface area (Å²) in [5.74, 6) is 1.42. The standard InChI is InChI=1S/C16H31N5/c1-8-14-13(15(9-2)21(7)20-14)10-18-16(17-6)19-12(5)11(3)4/h11-12H,8-10H2,1-7H3,(H2,17,18,19). The van der Waals surface area contributed by atoms with Crippen LogP contribution in [0.3, 0.4) is 0 Å². The molecule has 0 aliphatic heterocycles. The molecular weight excluding hydrogens is 262 g/mol. The lowest BCUT2D eigenvalue weighted by Crippen LogP contribution is -2.44. The Balaban J connectivity index is 2.78. The monoisotopic (exact) mass is 293 g/mol. The number of aryl methyl sites for hydroxylation is 2. The van der Waals surface area contributed by atoms with E-state index in [4.69, 9.17) is 0 Å². The normalized spacial score (nSPS) is 13.6. The lowest BCUT2D eigenvalue weighted by molar-refractivity contribution is 0.481. The average molecular weight is 293 g/mol. The van der Waals surface area contributed by atoms with Gasteiger partial charge in [0.15, 0.2) is 5.96 Å². The first kappa shape index (κ1) is 17.5. The summed E-state index contributed by atoms with van der Waals surface area (Å²) in [5, 5.41) is 11.5. The Kier molecular flexibility index (Phi) is 6.72. The second-order valence-corrected chi connectivity index (χ2v) is 5.81. The van der Waals surface area contributed by atoms with Gasteiger partial charge in [0.25, 0.3) is 0 Å². The zero-order valence-electron chi connectivity index (χ0n) is 14.6. The van der Waals surface area contributed by atoms with Crippen molar-refractivity contribution in [3.05, 3.63) is 17.0 Å². The van der Waals surface area contributed by atoms with Gasteiger partial charge in [0.2, 0.25) is 0 Å². The molecule has 0 aliphatic rings. The topological polar surface area (TPSA) is 54.2 Å². The lowest BCUT2D eigenvalue weighted by atomic mass is 10.1. The molecule has 5 nitrogen and oxygen atoms in total. The minimum absolute atomic E-state index is 0.390. The number of nitrogens with one attached hydrogen (secondary N) is 2. The predicted octanol–water partition coefficient (Wildman–Crippen LogP) is 2.25. The van der Waals surface area contributed by atoms with Gasteiger partial charge in [0, 0.05) is 37.9 Å². The minimum atomic E-state index is 0.390. The van der Waals surface area contributed by atoms with Crippen LogP contribution in [-0.2, 0) is 26.4 Å². The molecule has 2 N–H and O–H groups in total. The molecule has 0 radical (unpaired) electrons. The van der Waals surface area contributed by atoms with E-state index in [2.05, 4.69) is 55.3 Å². The molecule has 0 spiro atoms. The molecule has 0 amide bonds. The molecule has 1 rings (SSSR count). The van der Waals surface area contributed by atoms with Crippen molar-refractivity contribution in [3.8, 4) is 0 Å². The van der Waals surface area contributed by atoms with Gasteiger partial charge < -0.3 is 10.6 Å². The summed E-state index contributed by atoms with van der Waals surface area (Å²) in [6.45, 7) is 11.7. The Morgan fingerprint density at radius 1 is 1.24 bits per heavy atom. The molecule has 1 heterocycles. The van der Waals surface area contributed by atoms with Crippen molar-refractivity contribution >= 4 is 5.96 Å². The van der Waals surface area contributed by atoms with Crippen LogP contribution in [0.4, 0.5) is 0 Å². The van der Waals surface area contributed by atoms with Crippen LogP contribution >= 0.6 is 0 Å². The zero-order valence-corrected chi connectivity index (χ0v) is 14.6.